The van der Waals surface area contributed by atoms with E-state index in [9.17, 15) is 8.42 Å². The van der Waals surface area contributed by atoms with E-state index in [4.69, 9.17) is 0 Å². The highest BCUT2D eigenvalue weighted by Crippen LogP contribution is 2.08. The zero-order chi connectivity index (χ0) is 9.61. The minimum atomic E-state index is -2.80. The summed E-state index contributed by atoms with van der Waals surface area (Å²) in [7, 11) is -2.80. The van der Waals surface area contributed by atoms with E-state index in [0.717, 1.165) is 24.6 Å². The Bertz CT molecular complexity index is 199. The van der Waals surface area contributed by atoms with E-state index in [0.29, 0.717) is 5.75 Å². The number of halogens is 1. The van der Waals surface area contributed by atoms with Crippen LogP contribution in [-0.2, 0) is 9.84 Å². The number of rotatable bonds is 6. The van der Waals surface area contributed by atoms with Crippen LogP contribution < -0.4 is 0 Å². The van der Waals surface area contributed by atoms with E-state index in [1.807, 2.05) is 6.92 Å². The SMILES string of the molecule is CCC(C)S(=O)(=O)CCCCBr. The molecule has 4 heteroatoms. The monoisotopic (exact) mass is 256 g/mol. The highest BCUT2D eigenvalue weighted by molar-refractivity contribution is 9.09. The molecular formula is C8H17BrO2S. The Morgan fingerprint density at radius 1 is 1.33 bits per heavy atom. The van der Waals surface area contributed by atoms with Gasteiger partial charge in [-0.3, -0.25) is 0 Å². The van der Waals surface area contributed by atoms with Gasteiger partial charge in [-0.1, -0.05) is 22.9 Å². The van der Waals surface area contributed by atoms with Gasteiger partial charge in [-0.15, -0.1) is 0 Å². The van der Waals surface area contributed by atoms with Gasteiger partial charge in [0.25, 0.3) is 0 Å². The first-order chi connectivity index (χ1) is 5.54. The van der Waals surface area contributed by atoms with E-state index >= 15 is 0 Å². The molecule has 74 valence electrons. The van der Waals surface area contributed by atoms with Gasteiger partial charge in [0.05, 0.1) is 11.0 Å². The maximum Gasteiger partial charge on any atom is 0.152 e. The molecule has 0 aromatic carbocycles. The smallest absolute Gasteiger partial charge is 0.152 e. The molecule has 0 aromatic heterocycles. The van der Waals surface area contributed by atoms with Gasteiger partial charge in [-0.2, -0.15) is 0 Å². The first kappa shape index (κ1) is 12.4. The minimum Gasteiger partial charge on any atom is -0.229 e. The zero-order valence-corrected chi connectivity index (χ0v) is 10.1. The number of hydrogen-bond donors (Lipinski definition) is 0. The van der Waals surface area contributed by atoms with Gasteiger partial charge in [0.2, 0.25) is 0 Å². The average molecular weight is 257 g/mol. The van der Waals surface area contributed by atoms with Crippen molar-refractivity contribution in [3.63, 3.8) is 0 Å². The molecule has 0 aliphatic heterocycles. The van der Waals surface area contributed by atoms with Crippen molar-refractivity contribution in [1.29, 1.82) is 0 Å². The summed E-state index contributed by atoms with van der Waals surface area (Å²) in [6.07, 6.45) is 2.43. The molecule has 0 fully saturated rings. The fourth-order valence-electron chi connectivity index (χ4n) is 0.853. The molecule has 0 saturated carbocycles. The van der Waals surface area contributed by atoms with E-state index in [1.165, 1.54) is 0 Å². The van der Waals surface area contributed by atoms with Crippen LogP contribution in [0.4, 0.5) is 0 Å². The number of sulfone groups is 1. The van der Waals surface area contributed by atoms with Crippen molar-refractivity contribution >= 4 is 25.8 Å². The van der Waals surface area contributed by atoms with Crippen LogP contribution in [0.15, 0.2) is 0 Å². The van der Waals surface area contributed by atoms with Crippen LogP contribution >= 0.6 is 15.9 Å². The molecule has 1 unspecified atom stereocenters. The lowest BCUT2D eigenvalue weighted by Gasteiger charge is -2.09. The Balaban J connectivity index is 3.88. The molecule has 0 spiro atoms. The molecule has 2 nitrogen and oxygen atoms in total. The predicted molar refractivity (Wildman–Crippen MR) is 56.6 cm³/mol. The highest BCUT2D eigenvalue weighted by Gasteiger charge is 2.17. The summed E-state index contributed by atoms with van der Waals surface area (Å²) in [5.41, 5.74) is 0. The Morgan fingerprint density at radius 2 is 1.92 bits per heavy atom. The molecule has 0 heterocycles. The van der Waals surface area contributed by atoms with Crippen LogP contribution in [0.3, 0.4) is 0 Å². The van der Waals surface area contributed by atoms with E-state index in [1.54, 1.807) is 6.92 Å². The number of unbranched alkanes of at least 4 members (excludes halogenated alkanes) is 1. The number of hydrogen-bond acceptors (Lipinski definition) is 2. The van der Waals surface area contributed by atoms with Gasteiger partial charge in [-0.05, 0) is 26.2 Å². The minimum absolute atomic E-state index is 0.173. The summed E-state index contributed by atoms with van der Waals surface area (Å²) in [6.45, 7) is 3.69. The van der Waals surface area contributed by atoms with Crippen molar-refractivity contribution in [2.24, 2.45) is 0 Å². The Kier molecular flexibility index (Phi) is 6.19. The summed E-state index contributed by atoms with van der Waals surface area (Å²) in [5, 5.41) is 0.719. The molecule has 0 aliphatic rings. The lowest BCUT2D eigenvalue weighted by atomic mass is 10.4. The van der Waals surface area contributed by atoms with E-state index in [2.05, 4.69) is 15.9 Å². The van der Waals surface area contributed by atoms with Crippen LogP contribution in [0.25, 0.3) is 0 Å². The molecule has 0 bridgehead atoms. The Morgan fingerprint density at radius 3 is 2.33 bits per heavy atom. The van der Waals surface area contributed by atoms with Crippen molar-refractivity contribution in [3.05, 3.63) is 0 Å². The first-order valence-corrected chi connectivity index (χ1v) is 7.15. The molecule has 12 heavy (non-hydrogen) atoms. The molecular weight excluding hydrogens is 240 g/mol. The zero-order valence-electron chi connectivity index (χ0n) is 7.72. The fraction of sp³-hybridized carbons (Fsp3) is 1.00. The standard InChI is InChI=1S/C8H17BrO2S/c1-3-8(2)12(10,11)7-5-4-6-9/h8H,3-7H2,1-2H3. The molecule has 0 aromatic rings. The Hall–Kier alpha value is 0.430. The van der Waals surface area contributed by atoms with E-state index in [-0.39, 0.29) is 5.25 Å². The maximum atomic E-state index is 11.4. The van der Waals surface area contributed by atoms with Crippen LogP contribution in [-0.4, -0.2) is 24.8 Å². The van der Waals surface area contributed by atoms with Gasteiger partial charge < -0.3 is 0 Å². The molecule has 0 radical (unpaired) electrons. The van der Waals surface area contributed by atoms with Crippen LogP contribution in [0.2, 0.25) is 0 Å². The summed E-state index contributed by atoms with van der Waals surface area (Å²) < 4.78 is 22.8. The molecule has 0 amide bonds. The normalized spacial score (nSPS) is 14.6. The first-order valence-electron chi connectivity index (χ1n) is 4.32. The molecule has 0 N–H and O–H groups in total. The van der Waals surface area contributed by atoms with Crippen LogP contribution in [0, 0.1) is 0 Å². The maximum absolute atomic E-state index is 11.4. The lowest BCUT2D eigenvalue weighted by molar-refractivity contribution is 0.578. The second kappa shape index (κ2) is 5.97. The van der Waals surface area contributed by atoms with Crippen molar-refractivity contribution in [1.82, 2.24) is 0 Å². The van der Waals surface area contributed by atoms with Crippen molar-refractivity contribution in [3.8, 4) is 0 Å². The summed E-state index contributed by atoms with van der Waals surface area (Å²) in [6, 6.07) is 0. The molecule has 0 rings (SSSR count). The van der Waals surface area contributed by atoms with Gasteiger partial charge in [-0.25, -0.2) is 8.42 Å². The van der Waals surface area contributed by atoms with Crippen molar-refractivity contribution in [2.75, 3.05) is 11.1 Å². The Labute approximate surface area is 83.8 Å². The lowest BCUT2D eigenvalue weighted by Crippen LogP contribution is -2.20. The summed E-state index contributed by atoms with van der Waals surface area (Å²) in [4.78, 5) is 0. The average Bonchev–Trinajstić information content (AvgIpc) is 2.03. The molecule has 1 atom stereocenters. The molecule has 0 saturated heterocycles. The van der Waals surface area contributed by atoms with Crippen LogP contribution in [0.1, 0.15) is 33.1 Å². The van der Waals surface area contributed by atoms with Crippen molar-refractivity contribution in [2.45, 2.75) is 38.4 Å². The summed E-state index contributed by atoms with van der Waals surface area (Å²) in [5.74, 6) is 0.341. The fourth-order valence-corrected chi connectivity index (χ4v) is 2.77. The second-order valence-corrected chi connectivity index (χ2v) is 6.31. The van der Waals surface area contributed by atoms with Crippen LogP contribution in [0.5, 0.6) is 0 Å². The highest BCUT2D eigenvalue weighted by atomic mass is 79.9. The molecule has 0 aliphatic carbocycles. The second-order valence-electron chi connectivity index (χ2n) is 2.98. The quantitative estimate of drug-likeness (QED) is 0.540. The van der Waals surface area contributed by atoms with Gasteiger partial charge >= 0.3 is 0 Å². The topological polar surface area (TPSA) is 34.1 Å². The van der Waals surface area contributed by atoms with Gasteiger partial charge in [0.15, 0.2) is 9.84 Å². The third-order valence-corrected chi connectivity index (χ3v) is 4.98. The largest absolute Gasteiger partial charge is 0.229 e. The predicted octanol–water partition coefficient (Wildman–Crippen LogP) is 2.37. The van der Waals surface area contributed by atoms with E-state index < -0.39 is 9.84 Å². The van der Waals surface area contributed by atoms with Crippen molar-refractivity contribution < 1.29 is 8.42 Å². The third-order valence-electron chi connectivity index (χ3n) is 2.00. The summed E-state index contributed by atoms with van der Waals surface area (Å²) >= 11 is 3.28. The third kappa shape index (κ3) is 4.45. The number of alkyl halides is 1. The van der Waals surface area contributed by atoms with Gasteiger partial charge in [0, 0.05) is 5.33 Å². The van der Waals surface area contributed by atoms with Gasteiger partial charge in [0.1, 0.15) is 0 Å².